The molecule has 0 aromatic heterocycles. The average molecular weight is 459 g/mol. The summed E-state index contributed by atoms with van der Waals surface area (Å²) in [7, 11) is 0. The van der Waals surface area contributed by atoms with Crippen LogP contribution in [0.5, 0.6) is 0 Å². The molecule has 4 nitrogen and oxygen atoms in total. The van der Waals surface area contributed by atoms with Gasteiger partial charge >= 0.3 is 12.3 Å². The Hall–Kier alpha value is -1.73. The zero-order valence-corrected chi connectivity index (χ0v) is 18.9. The monoisotopic (exact) mass is 458 g/mol. The van der Waals surface area contributed by atoms with Gasteiger partial charge in [-0.2, -0.15) is 13.2 Å². The van der Waals surface area contributed by atoms with Crippen LogP contribution in [0.3, 0.4) is 0 Å². The van der Waals surface area contributed by atoms with Gasteiger partial charge in [0, 0.05) is 29.6 Å². The fraction of sp³-hybridized carbons (Fsp3) is 0.609. The number of likely N-dealkylation sites (tertiary alicyclic amines) is 1. The van der Waals surface area contributed by atoms with Gasteiger partial charge in [-0.15, -0.1) is 6.58 Å². The summed E-state index contributed by atoms with van der Waals surface area (Å²) in [6.07, 6.45) is -0.0389. The van der Waals surface area contributed by atoms with Crippen molar-refractivity contribution in [3.8, 4) is 0 Å². The molecule has 1 amide bonds. The minimum Gasteiger partial charge on any atom is -0.447 e. The van der Waals surface area contributed by atoms with E-state index >= 15 is 0 Å². The number of hydrogen-bond donors (Lipinski definition) is 1. The molecule has 1 heterocycles. The summed E-state index contributed by atoms with van der Waals surface area (Å²) in [5, 5.41) is 3.47. The van der Waals surface area contributed by atoms with Crippen molar-refractivity contribution in [2.75, 3.05) is 0 Å². The van der Waals surface area contributed by atoms with Crippen molar-refractivity contribution in [3.05, 3.63) is 47.0 Å². The molecular formula is C23H30ClF3N2O2. The number of halogens is 4. The standard InChI is InChI=1S/C23H30ClF3N2O2/c1-5-16-11-22(16)12-19(10-20(6-2)29(22)21(30)31-14(3)4)28-13-15-7-17(23(25,26)27)9-18(24)8-15/h5,7-9,14,16,19-20,28H,1,6,10-13H2,2-4H3/t16-,19+,20-,22+/m1/s1. The summed E-state index contributed by atoms with van der Waals surface area (Å²) in [6, 6.07) is 3.67. The van der Waals surface area contributed by atoms with E-state index in [4.69, 9.17) is 16.3 Å². The number of piperidine rings is 1. The molecule has 8 heteroatoms. The van der Waals surface area contributed by atoms with E-state index in [0.717, 1.165) is 25.0 Å². The predicted octanol–water partition coefficient (Wildman–Crippen LogP) is 6.18. The Balaban J connectivity index is 1.76. The summed E-state index contributed by atoms with van der Waals surface area (Å²) in [5.74, 6) is 0.189. The van der Waals surface area contributed by atoms with Crippen molar-refractivity contribution >= 4 is 17.7 Å². The Morgan fingerprint density at radius 1 is 1.39 bits per heavy atom. The summed E-state index contributed by atoms with van der Waals surface area (Å²) in [5.41, 5.74) is -0.602. The quantitative estimate of drug-likeness (QED) is 0.517. The molecule has 31 heavy (non-hydrogen) atoms. The number of ether oxygens (including phenoxy) is 1. The Morgan fingerprint density at radius 3 is 2.65 bits per heavy atom. The molecule has 1 aliphatic carbocycles. The minimum absolute atomic E-state index is 0.00690. The van der Waals surface area contributed by atoms with E-state index in [1.807, 2.05) is 31.7 Å². The lowest BCUT2D eigenvalue weighted by atomic mass is 9.87. The molecule has 2 fully saturated rings. The number of carbonyl (C=O) groups excluding carboxylic acids is 1. The van der Waals surface area contributed by atoms with E-state index < -0.39 is 11.7 Å². The van der Waals surface area contributed by atoms with Crippen LogP contribution in [-0.2, 0) is 17.5 Å². The second-order valence-corrected chi connectivity index (χ2v) is 9.31. The first kappa shape index (κ1) is 23.9. The highest BCUT2D eigenvalue weighted by Gasteiger charge is 2.63. The molecular weight excluding hydrogens is 429 g/mol. The molecule has 3 rings (SSSR count). The van der Waals surface area contributed by atoms with Crippen LogP contribution < -0.4 is 5.32 Å². The van der Waals surface area contributed by atoms with Crippen molar-refractivity contribution in [2.24, 2.45) is 5.92 Å². The molecule has 0 unspecified atom stereocenters. The third-order valence-electron chi connectivity index (χ3n) is 6.27. The van der Waals surface area contributed by atoms with Gasteiger partial charge in [-0.25, -0.2) is 4.79 Å². The van der Waals surface area contributed by atoms with Crippen molar-refractivity contribution in [1.82, 2.24) is 10.2 Å². The van der Waals surface area contributed by atoms with Crippen molar-refractivity contribution < 1.29 is 22.7 Å². The fourth-order valence-electron chi connectivity index (χ4n) is 4.81. The second kappa shape index (κ2) is 9.02. The number of nitrogens with zero attached hydrogens (tertiary/aromatic N) is 1. The Kier molecular flexibility index (Phi) is 6.96. The van der Waals surface area contributed by atoms with Gasteiger partial charge in [0.25, 0.3) is 0 Å². The Bertz CT molecular complexity index is 830. The zero-order chi connectivity index (χ0) is 23.0. The van der Waals surface area contributed by atoms with Crippen LogP contribution in [0.4, 0.5) is 18.0 Å². The van der Waals surface area contributed by atoms with E-state index in [0.29, 0.717) is 18.4 Å². The number of amides is 1. The van der Waals surface area contributed by atoms with Crippen LogP contribution in [0.2, 0.25) is 5.02 Å². The van der Waals surface area contributed by atoms with Gasteiger partial charge in [0.2, 0.25) is 0 Å². The van der Waals surface area contributed by atoms with Crippen LogP contribution in [0, 0.1) is 5.92 Å². The smallest absolute Gasteiger partial charge is 0.416 e. The molecule has 1 saturated carbocycles. The minimum atomic E-state index is -4.44. The molecule has 0 bridgehead atoms. The van der Waals surface area contributed by atoms with E-state index in [-0.39, 0.29) is 47.3 Å². The number of hydrogen-bond acceptors (Lipinski definition) is 3. The van der Waals surface area contributed by atoms with Gasteiger partial charge < -0.3 is 10.1 Å². The van der Waals surface area contributed by atoms with Crippen molar-refractivity contribution in [1.29, 1.82) is 0 Å². The molecule has 1 aromatic carbocycles. The van der Waals surface area contributed by atoms with Gasteiger partial charge in [0.1, 0.15) is 0 Å². The van der Waals surface area contributed by atoms with E-state index in [1.165, 1.54) is 0 Å². The first-order valence-electron chi connectivity index (χ1n) is 10.7. The van der Waals surface area contributed by atoms with Crippen LogP contribution in [0.25, 0.3) is 0 Å². The third kappa shape index (κ3) is 5.20. The highest BCUT2D eigenvalue weighted by atomic mass is 35.5. The van der Waals surface area contributed by atoms with Gasteiger partial charge in [0.15, 0.2) is 0 Å². The molecule has 2 aliphatic rings. The second-order valence-electron chi connectivity index (χ2n) is 8.88. The average Bonchev–Trinajstić information content (AvgIpc) is 3.36. The van der Waals surface area contributed by atoms with Crippen LogP contribution in [-0.4, -0.2) is 34.7 Å². The van der Waals surface area contributed by atoms with Gasteiger partial charge in [-0.1, -0.05) is 24.6 Å². The maximum atomic E-state index is 13.1. The fourth-order valence-corrected chi connectivity index (χ4v) is 5.07. The lowest BCUT2D eigenvalue weighted by Gasteiger charge is -2.46. The topological polar surface area (TPSA) is 41.6 Å². The number of rotatable bonds is 6. The van der Waals surface area contributed by atoms with Crippen molar-refractivity contribution in [2.45, 2.75) is 82.9 Å². The molecule has 1 N–H and O–H groups in total. The third-order valence-corrected chi connectivity index (χ3v) is 6.49. The summed E-state index contributed by atoms with van der Waals surface area (Å²) < 4.78 is 44.8. The molecule has 1 aromatic rings. The molecule has 4 atom stereocenters. The highest BCUT2D eigenvalue weighted by Crippen LogP contribution is 2.56. The predicted molar refractivity (Wildman–Crippen MR) is 115 cm³/mol. The van der Waals surface area contributed by atoms with Crippen LogP contribution >= 0.6 is 11.6 Å². The highest BCUT2D eigenvalue weighted by molar-refractivity contribution is 6.30. The van der Waals surface area contributed by atoms with Crippen LogP contribution in [0.1, 0.15) is 57.6 Å². The van der Waals surface area contributed by atoms with E-state index in [1.54, 1.807) is 6.07 Å². The normalized spacial score (nSPS) is 28.1. The number of nitrogens with one attached hydrogen (secondary N) is 1. The molecule has 172 valence electrons. The SMILES string of the molecule is C=C[C@@H]1C[C@]12C[C@@H](NCc1cc(Cl)cc(C(F)(F)F)c1)C[C@@H](CC)N2C(=O)OC(C)C. The lowest BCUT2D eigenvalue weighted by Crippen LogP contribution is -2.58. The maximum Gasteiger partial charge on any atom is 0.416 e. The first-order valence-corrected chi connectivity index (χ1v) is 11.1. The molecule has 0 radical (unpaired) electrons. The van der Waals surface area contributed by atoms with Gasteiger partial charge in [-0.05, 0) is 63.3 Å². The van der Waals surface area contributed by atoms with Gasteiger partial charge in [-0.3, -0.25) is 4.90 Å². The van der Waals surface area contributed by atoms with E-state index in [9.17, 15) is 18.0 Å². The van der Waals surface area contributed by atoms with Crippen molar-refractivity contribution in [3.63, 3.8) is 0 Å². The summed E-state index contributed by atoms with van der Waals surface area (Å²) >= 11 is 5.91. The summed E-state index contributed by atoms with van der Waals surface area (Å²) in [6.45, 7) is 9.89. The number of carbonyl (C=O) groups is 1. The van der Waals surface area contributed by atoms with Crippen LogP contribution in [0.15, 0.2) is 30.9 Å². The lowest BCUT2D eigenvalue weighted by molar-refractivity contribution is -0.137. The maximum absolute atomic E-state index is 13.1. The molecule has 1 spiro atoms. The largest absolute Gasteiger partial charge is 0.447 e. The van der Waals surface area contributed by atoms with Gasteiger partial charge in [0.05, 0.1) is 17.2 Å². The molecule has 1 aliphatic heterocycles. The number of benzene rings is 1. The Morgan fingerprint density at radius 2 is 2.10 bits per heavy atom. The van der Waals surface area contributed by atoms with E-state index in [2.05, 4.69) is 11.9 Å². The zero-order valence-electron chi connectivity index (χ0n) is 18.1. The summed E-state index contributed by atoms with van der Waals surface area (Å²) in [4.78, 5) is 14.8. The Labute approximate surface area is 186 Å². The number of alkyl halides is 3. The first-order chi connectivity index (χ1) is 14.5. The molecule has 1 saturated heterocycles.